The largest absolute Gasteiger partial charge is 0.308 e. The molecule has 6 heteroatoms. The Kier molecular flexibility index (Phi) is 7.83. The van der Waals surface area contributed by atoms with Crippen molar-refractivity contribution in [3.05, 3.63) is 194 Å². The Bertz CT molecular complexity index is 3310. The number of hydrogen-bond donors (Lipinski definition) is 0. The maximum Gasteiger partial charge on any atom is 0.164 e. The number of nitrogens with zero attached hydrogens (tertiary/aromatic N) is 4. The van der Waals surface area contributed by atoms with Crippen LogP contribution in [0.3, 0.4) is 0 Å². The van der Waals surface area contributed by atoms with Gasteiger partial charge in [-0.15, -0.1) is 11.3 Å². The molecule has 11 rings (SSSR count). The minimum absolute atomic E-state index is 0.288. The van der Waals surface area contributed by atoms with Gasteiger partial charge in [-0.1, -0.05) is 146 Å². The Morgan fingerprint density at radius 2 is 0.982 bits per heavy atom. The lowest BCUT2D eigenvalue weighted by atomic mass is 10.00. The van der Waals surface area contributed by atoms with Gasteiger partial charge in [0.05, 0.1) is 16.7 Å². The number of rotatable bonds is 6. The highest BCUT2D eigenvalue weighted by Gasteiger charge is 2.20. The summed E-state index contributed by atoms with van der Waals surface area (Å²) in [6.07, 6.45) is 0. The summed E-state index contributed by atoms with van der Waals surface area (Å²) in [4.78, 5) is 15.4. The van der Waals surface area contributed by atoms with Crippen molar-refractivity contribution in [1.29, 1.82) is 0 Å². The first-order valence-electron chi connectivity index (χ1n) is 18.9. The van der Waals surface area contributed by atoms with Crippen LogP contribution in [0.4, 0.5) is 4.39 Å². The first-order chi connectivity index (χ1) is 28.2. The molecule has 0 bridgehead atoms. The molecule has 0 aliphatic carbocycles. The molecule has 0 fully saturated rings. The Labute approximate surface area is 331 Å². The van der Waals surface area contributed by atoms with E-state index in [9.17, 15) is 0 Å². The summed E-state index contributed by atoms with van der Waals surface area (Å²) in [5.74, 6) is 1.42. The van der Waals surface area contributed by atoms with Crippen molar-refractivity contribution in [2.45, 2.75) is 0 Å². The average Bonchev–Trinajstić information content (AvgIpc) is 3.82. The van der Waals surface area contributed by atoms with Gasteiger partial charge >= 0.3 is 0 Å². The summed E-state index contributed by atoms with van der Waals surface area (Å²) >= 11 is 1.82. The lowest BCUT2D eigenvalue weighted by Gasteiger charge is -2.16. The second-order valence-electron chi connectivity index (χ2n) is 14.1. The molecule has 0 saturated heterocycles. The van der Waals surface area contributed by atoms with Crippen molar-refractivity contribution in [2.75, 3.05) is 0 Å². The smallest absolute Gasteiger partial charge is 0.164 e. The average molecular weight is 751 g/mol. The van der Waals surface area contributed by atoms with Crippen LogP contribution in [0.2, 0.25) is 0 Å². The van der Waals surface area contributed by atoms with Crippen LogP contribution in [0.15, 0.2) is 188 Å². The molecule has 0 atom stereocenters. The standard InChI is InChI=1S/C51H31FN4S/c52-37-26-28-41-40-19-7-9-23-44(40)56(46(41)31-37)45-30-36(25-27-38(45)32-13-3-1-4-14-32)51-54-49(33-15-5-2-6-16-33)53-50(55-51)35-18-11-17-34(29-35)39-21-12-22-43-42-20-8-10-24-47(42)57-48(39)43/h1-31H. The third-order valence-electron chi connectivity index (χ3n) is 10.7. The van der Waals surface area contributed by atoms with Gasteiger partial charge in [0.1, 0.15) is 5.82 Å². The fraction of sp³-hybridized carbons (Fsp3) is 0. The SMILES string of the molecule is Fc1ccc2c3ccccc3n(-c3cc(-c4nc(-c5ccccc5)nc(-c5cccc(-c6cccc7c6sc6ccccc67)c5)n4)ccc3-c3ccccc3)c2c1. The lowest BCUT2D eigenvalue weighted by molar-refractivity contribution is 0.629. The van der Waals surface area contributed by atoms with Gasteiger partial charge in [-0.2, -0.15) is 0 Å². The molecule has 268 valence electrons. The minimum atomic E-state index is -0.288. The van der Waals surface area contributed by atoms with Crippen LogP contribution in [-0.2, 0) is 0 Å². The second kappa shape index (κ2) is 13.5. The molecule has 0 aliphatic heterocycles. The summed E-state index contributed by atoms with van der Waals surface area (Å²) in [6, 6.07) is 63.6. The van der Waals surface area contributed by atoms with Crippen LogP contribution in [-0.4, -0.2) is 19.5 Å². The fourth-order valence-corrected chi connectivity index (χ4v) is 9.31. The van der Waals surface area contributed by atoms with Crippen molar-refractivity contribution in [2.24, 2.45) is 0 Å². The molecule has 0 spiro atoms. The van der Waals surface area contributed by atoms with Gasteiger partial charge in [0.25, 0.3) is 0 Å². The molecule has 0 N–H and O–H groups in total. The molecule has 0 amide bonds. The first-order valence-corrected chi connectivity index (χ1v) is 19.7. The normalized spacial score (nSPS) is 11.6. The van der Waals surface area contributed by atoms with Crippen LogP contribution >= 0.6 is 11.3 Å². The number of benzene rings is 8. The highest BCUT2D eigenvalue weighted by atomic mass is 32.1. The van der Waals surface area contributed by atoms with Gasteiger partial charge in [0.2, 0.25) is 0 Å². The Hall–Kier alpha value is -7.28. The first kappa shape index (κ1) is 33.1. The van der Waals surface area contributed by atoms with Crippen LogP contribution in [0.5, 0.6) is 0 Å². The summed E-state index contributed by atoms with van der Waals surface area (Å²) in [5, 5.41) is 4.57. The zero-order chi connectivity index (χ0) is 37.9. The molecule has 0 saturated carbocycles. The molecular formula is C51H31FN4S. The van der Waals surface area contributed by atoms with E-state index in [0.29, 0.717) is 17.5 Å². The Balaban J connectivity index is 1.12. The van der Waals surface area contributed by atoms with Gasteiger partial charge in [-0.25, -0.2) is 19.3 Å². The van der Waals surface area contributed by atoms with E-state index >= 15 is 4.39 Å². The van der Waals surface area contributed by atoms with E-state index in [1.165, 1.54) is 31.8 Å². The van der Waals surface area contributed by atoms with E-state index in [4.69, 9.17) is 15.0 Å². The Morgan fingerprint density at radius 3 is 1.79 bits per heavy atom. The van der Waals surface area contributed by atoms with E-state index in [-0.39, 0.29) is 5.82 Å². The van der Waals surface area contributed by atoms with E-state index in [1.54, 1.807) is 6.07 Å². The van der Waals surface area contributed by atoms with Gasteiger partial charge < -0.3 is 4.57 Å². The minimum Gasteiger partial charge on any atom is -0.308 e. The molecule has 0 unspecified atom stereocenters. The van der Waals surface area contributed by atoms with Crippen molar-refractivity contribution in [1.82, 2.24) is 19.5 Å². The molecule has 3 heterocycles. The molecule has 0 radical (unpaired) electrons. The maximum atomic E-state index is 15.1. The monoisotopic (exact) mass is 750 g/mol. The third-order valence-corrected chi connectivity index (χ3v) is 11.9. The predicted octanol–water partition coefficient (Wildman–Crippen LogP) is 13.8. The van der Waals surface area contributed by atoms with E-state index in [0.717, 1.165) is 60.9 Å². The second-order valence-corrected chi connectivity index (χ2v) is 15.2. The maximum absolute atomic E-state index is 15.1. The number of thiophene rings is 1. The number of halogens is 1. The van der Waals surface area contributed by atoms with Crippen LogP contribution < -0.4 is 0 Å². The highest BCUT2D eigenvalue weighted by molar-refractivity contribution is 7.26. The lowest BCUT2D eigenvalue weighted by Crippen LogP contribution is -2.02. The van der Waals surface area contributed by atoms with Crippen molar-refractivity contribution in [3.8, 4) is 62.1 Å². The summed E-state index contributed by atoms with van der Waals surface area (Å²) in [6.45, 7) is 0. The molecule has 57 heavy (non-hydrogen) atoms. The van der Waals surface area contributed by atoms with Gasteiger partial charge in [0, 0.05) is 53.2 Å². The zero-order valence-corrected chi connectivity index (χ0v) is 31.3. The van der Waals surface area contributed by atoms with Crippen LogP contribution in [0.1, 0.15) is 0 Å². The fourth-order valence-electron chi connectivity index (χ4n) is 8.07. The molecule has 0 aliphatic rings. The molecule has 8 aromatic carbocycles. The molecule has 11 aromatic rings. The van der Waals surface area contributed by atoms with E-state index < -0.39 is 0 Å². The number of aromatic nitrogens is 4. The predicted molar refractivity (Wildman–Crippen MR) is 234 cm³/mol. The van der Waals surface area contributed by atoms with Gasteiger partial charge in [-0.05, 0) is 59.2 Å². The van der Waals surface area contributed by atoms with Crippen LogP contribution in [0, 0.1) is 5.82 Å². The van der Waals surface area contributed by atoms with E-state index in [2.05, 4.69) is 114 Å². The van der Waals surface area contributed by atoms with E-state index in [1.807, 2.05) is 78.1 Å². The summed E-state index contributed by atoms with van der Waals surface area (Å²) in [7, 11) is 0. The third kappa shape index (κ3) is 5.69. The van der Waals surface area contributed by atoms with Crippen molar-refractivity contribution >= 4 is 53.3 Å². The van der Waals surface area contributed by atoms with Gasteiger partial charge in [0.15, 0.2) is 17.5 Å². The highest BCUT2D eigenvalue weighted by Crippen LogP contribution is 2.41. The van der Waals surface area contributed by atoms with Crippen LogP contribution in [0.25, 0.3) is 104 Å². The molecule has 4 nitrogen and oxygen atoms in total. The number of para-hydroxylation sites is 1. The molecule has 3 aromatic heterocycles. The molecular weight excluding hydrogens is 720 g/mol. The van der Waals surface area contributed by atoms with Crippen molar-refractivity contribution < 1.29 is 4.39 Å². The number of fused-ring (bicyclic) bond motifs is 6. The summed E-state index contributed by atoms with van der Waals surface area (Å²) in [5.41, 5.74) is 9.61. The zero-order valence-electron chi connectivity index (χ0n) is 30.5. The topological polar surface area (TPSA) is 43.6 Å². The summed E-state index contributed by atoms with van der Waals surface area (Å²) < 4.78 is 19.8. The van der Waals surface area contributed by atoms with Crippen molar-refractivity contribution in [3.63, 3.8) is 0 Å². The Morgan fingerprint density at radius 1 is 0.386 bits per heavy atom. The van der Waals surface area contributed by atoms with Gasteiger partial charge in [-0.3, -0.25) is 0 Å². The quantitative estimate of drug-likeness (QED) is 0.170. The number of hydrogen-bond acceptors (Lipinski definition) is 4.